The fourth-order valence-corrected chi connectivity index (χ4v) is 3.33. The van der Waals surface area contributed by atoms with Crippen LogP contribution in [0.4, 0.5) is 5.69 Å². The number of morpholine rings is 1. The van der Waals surface area contributed by atoms with Crippen molar-refractivity contribution in [3.05, 3.63) is 48.5 Å². The molecule has 28 heavy (non-hydrogen) atoms. The van der Waals surface area contributed by atoms with Crippen molar-refractivity contribution in [3.8, 4) is 17.2 Å². The zero-order chi connectivity index (χ0) is 19.9. The summed E-state index contributed by atoms with van der Waals surface area (Å²) in [6.07, 6.45) is 0.297. The highest BCUT2D eigenvalue weighted by molar-refractivity contribution is 5.92. The fraction of sp³-hybridized carbons (Fsp3) is 0.409. The van der Waals surface area contributed by atoms with Crippen LogP contribution in [0.5, 0.6) is 17.2 Å². The molecule has 1 aliphatic rings. The lowest BCUT2D eigenvalue weighted by molar-refractivity contribution is -0.121. The minimum absolute atomic E-state index is 0.0264. The summed E-state index contributed by atoms with van der Waals surface area (Å²) < 4.78 is 17.0. The van der Waals surface area contributed by atoms with Gasteiger partial charge in [0.25, 0.3) is 0 Å². The minimum Gasteiger partial charge on any atom is -0.494 e. The number of nitrogens with zero attached hydrogens (tertiary/aromatic N) is 1. The Morgan fingerprint density at radius 2 is 1.54 bits per heavy atom. The van der Waals surface area contributed by atoms with Gasteiger partial charge < -0.3 is 19.5 Å². The number of amides is 1. The molecule has 3 rings (SSSR count). The second-order valence-corrected chi connectivity index (χ2v) is 7.03. The van der Waals surface area contributed by atoms with Crippen LogP contribution in [0, 0.1) is 0 Å². The number of anilines is 1. The lowest BCUT2D eigenvalue weighted by atomic mass is 10.2. The molecule has 6 nitrogen and oxygen atoms in total. The monoisotopic (exact) mass is 384 g/mol. The van der Waals surface area contributed by atoms with E-state index < -0.39 is 0 Å². The third-order valence-electron chi connectivity index (χ3n) is 4.37. The van der Waals surface area contributed by atoms with Crippen molar-refractivity contribution in [1.82, 2.24) is 4.90 Å². The number of nitrogens with one attached hydrogen (secondary N) is 1. The average molecular weight is 384 g/mol. The van der Waals surface area contributed by atoms with Gasteiger partial charge in [-0.05, 0) is 69.3 Å². The molecule has 6 heteroatoms. The average Bonchev–Trinajstić information content (AvgIpc) is 2.64. The summed E-state index contributed by atoms with van der Waals surface area (Å²) in [5.41, 5.74) is 0.749. The molecule has 1 N–H and O–H groups in total. The molecule has 0 saturated carbocycles. The lowest BCUT2D eigenvalue weighted by Gasteiger charge is -2.34. The number of hydrogen-bond donors (Lipinski definition) is 1. The van der Waals surface area contributed by atoms with Crippen LogP contribution in [-0.2, 0) is 9.53 Å². The van der Waals surface area contributed by atoms with Gasteiger partial charge in [-0.15, -0.1) is 0 Å². The molecule has 0 aliphatic carbocycles. The van der Waals surface area contributed by atoms with Gasteiger partial charge in [0.05, 0.1) is 25.4 Å². The highest BCUT2D eigenvalue weighted by Crippen LogP contribution is 2.25. The first-order valence-electron chi connectivity index (χ1n) is 9.70. The van der Waals surface area contributed by atoms with E-state index >= 15 is 0 Å². The van der Waals surface area contributed by atoms with Gasteiger partial charge in [-0.1, -0.05) is 0 Å². The second-order valence-electron chi connectivity index (χ2n) is 7.03. The smallest absolute Gasteiger partial charge is 0.238 e. The Hall–Kier alpha value is -2.57. The summed E-state index contributed by atoms with van der Waals surface area (Å²) in [7, 11) is 0. The Morgan fingerprint density at radius 3 is 2.11 bits per heavy atom. The summed E-state index contributed by atoms with van der Waals surface area (Å²) >= 11 is 0. The summed E-state index contributed by atoms with van der Waals surface area (Å²) in [5, 5.41) is 2.94. The molecule has 1 fully saturated rings. The van der Waals surface area contributed by atoms with Crippen LogP contribution in [0.2, 0.25) is 0 Å². The number of ether oxygens (including phenoxy) is 3. The number of carbonyl (C=O) groups excluding carboxylic acids is 1. The van der Waals surface area contributed by atoms with Crippen LogP contribution >= 0.6 is 0 Å². The van der Waals surface area contributed by atoms with E-state index in [1.807, 2.05) is 69.3 Å². The lowest BCUT2D eigenvalue weighted by Crippen LogP contribution is -2.48. The van der Waals surface area contributed by atoms with Gasteiger partial charge in [0.15, 0.2) is 0 Å². The molecule has 0 unspecified atom stereocenters. The van der Waals surface area contributed by atoms with Crippen LogP contribution in [0.15, 0.2) is 48.5 Å². The minimum atomic E-state index is -0.0264. The van der Waals surface area contributed by atoms with Crippen molar-refractivity contribution in [3.63, 3.8) is 0 Å². The van der Waals surface area contributed by atoms with Crippen molar-refractivity contribution < 1.29 is 19.0 Å². The molecule has 0 spiro atoms. The molecule has 150 valence electrons. The van der Waals surface area contributed by atoms with E-state index in [1.54, 1.807) is 0 Å². The van der Waals surface area contributed by atoms with Gasteiger partial charge in [0.1, 0.15) is 17.2 Å². The topological polar surface area (TPSA) is 60.0 Å². The molecule has 1 aliphatic heterocycles. The zero-order valence-electron chi connectivity index (χ0n) is 16.7. The Morgan fingerprint density at radius 1 is 1.00 bits per heavy atom. The summed E-state index contributed by atoms with van der Waals surface area (Å²) in [6.45, 7) is 8.55. The Labute approximate surface area is 166 Å². The summed E-state index contributed by atoms with van der Waals surface area (Å²) in [5.74, 6) is 2.23. The largest absolute Gasteiger partial charge is 0.494 e. The SMILES string of the molecule is CCOc1ccc(Oc2ccc(NC(=O)CN3C[C@@H](C)O[C@H](C)C3)cc2)cc1. The van der Waals surface area contributed by atoms with Crippen LogP contribution in [0.1, 0.15) is 20.8 Å². The van der Waals surface area contributed by atoms with Gasteiger partial charge in [-0.2, -0.15) is 0 Å². The predicted molar refractivity (Wildman–Crippen MR) is 109 cm³/mol. The third-order valence-corrected chi connectivity index (χ3v) is 4.37. The maximum absolute atomic E-state index is 12.3. The molecule has 0 bridgehead atoms. The molecular weight excluding hydrogens is 356 g/mol. The van der Waals surface area contributed by atoms with Crippen LogP contribution in [0.25, 0.3) is 0 Å². The maximum atomic E-state index is 12.3. The van der Waals surface area contributed by atoms with Crippen molar-refractivity contribution in [1.29, 1.82) is 0 Å². The molecule has 2 aromatic rings. The van der Waals surface area contributed by atoms with Gasteiger partial charge in [0, 0.05) is 18.8 Å². The van der Waals surface area contributed by atoms with E-state index in [0.717, 1.165) is 30.3 Å². The van der Waals surface area contributed by atoms with Crippen molar-refractivity contribution >= 4 is 11.6 Å². The van der Waals surface area contributed by atoms with Crippen molar-refractivity contribution in [2.75, 3.05) is 31.6 Å². The summed E-state index contributed by atoms with van der Waals surface area (Å²) in [4.78, 5) is 14.4. The normalized spacial score (nSPS) is 19.8. The maximum Gasteiger partial charge on any atom is 0.238 e. The van der Waals surface area contributed by atoms with E-state index in [4.69, 9.17) is 14.2 Å². The molecule has 2 aromatic carbocycles. The summed E-state index contributed by atoms with van der Waals surface area (Å²) in [6, 6.07) is 14.8. The molecular formula is C22H28N2O4. The molecule has 0 radical (unpaired) electrons. The fourth-order valence-electron chi connectivity index (χ4n) is 3.33. The van der Waals surface area contributed by atoms with Gasteiger partial charge >= 0.3 is 0 Å². The molecule has 0 aromatic heterocycles. The molecule has 1 amide bonds. The Bertz CT molecular complexity index is 751. The van der Waals surface area contributed by atoms with Gasteiger partial charge in [-0.25, -0.2) is 0 Å². The molecule has 2 atom stereocenters. The predicted octanol–water partition coefficient (Wildman–Crippen LogP) is 3.93. The third kappa shape index (κ3) is 5.97. The second kappa shape index (κ2) is 9.57. The quantitative estimate of drug-likeness (QED) is 0.784. The van der Waals surface area contributed by atoms with Crippen LogP contribution < -0.4 is 14.8 Å². The van der Waals surface area contributed by atoms with E-state index in [9.17, 15) is 4.79 Å². The standard InChI is InChI=1S/C22H28N2O4/c1-4-26-19-9-11-21(12-10-19)28-20-7-5-18(6-8-20)23-22(25)15-24-13-16(2)27-17(3)14-24/h5-12,16-17H,4,13-15H2,1-3H3,(H,23,25)/t16-,17-/m1/s1. The highest BCUT2D eigenvalue weighted by atomic mass is 16.5. The molecule has 1 saturated heterocycles. The molecule has 1 heterocycles. The number of hydrogen-bond acceptors (Lipinski definition) is 5. The first-order chi connectivity index (χ1) is 13.5. The number of carbonyl (C=O) groups is 1. The van der Waals surface area contributed by atoms with Gasteiger partial charge in [0.2, 0.25) is 5.91 Å². The Kier molecular flexibility index (Phi) is 6.90. The van der Waals surface area contributed by atoms with E-state index in [0.29, 0.717) is 18.9 Å². The van der Waals surface area contributed by atoms with E-state index in [1.165, 1.54) is 0 Å². The first kappa shape index (κ1) is 20.2. The van der Waals surface area contributed by atoms with E-state index in [-0.39, 0.29) is 18.1 Å². The highest BCUT2D eigenvalue weighted by Gasteiger charge is 2.23. The number of benzene rings is 2. The van der Waals surface area contributed by atoms with Crippen molar-refractivity contribution in [2.24, 2.45) is 0 Å². The van der Waals surface area contributed by atoms with Crippen molar-refractivity contribution in [2.45, 2.75) is 33.0 Å². The number of rotatable bonds is 7. The van der Waals surface area contributed by atoms with Crippen LogP contribution in [0.3, 0.4) is 0 Å². The van der Waals surface area contributed by atoms with Gasteiger partial charge in [-0.3, -0.25) is 9.69 Å². The van der Waals surface area contributed by atoms with E-state index in [2.05, 4.69) is 10.2 Å². The first-order valence-corrected chi connectivity index (χ1v) is 9.70. The Balaban J connectivity index is 1.50. The van der Waals surface area contributed by atoms with Crippen LogP contribution in [-0.4, -0.2) is 49.3 Å². The zero-order valence-corrected chi connectivity index (χ0v) is 16.7.